The molecule has 114 valence electrons. The second-order valence-electron chi connectivity index (χ2n) is 4.86. The van der Waals surface area contributed by atoms with Crippen LogP contribution in [-0.4, -0.2) is 42.4 Å². The molecule has 1 aromatic rings. The molecule has 4 amide bonds. The van der Waals surface area contributed by atoms with Gasteiger partial charge >= 0.3 is 6.03 Å². The van der Waals surface area contributed by atoms with Crippen LogP contribution < -0.4 is 16.4 Å². The summed E-state index contributed by atoms with van der Waals surface area (Å²) in [5, 5.41) is 4.71. The molecule has 7 heteroatoms. The molecule has 4 N–H and O–H groups in total. The Kier molecular flexibility index (Phi) is 5.86. The Bertz CT molecular complexity index is 528. The van der Waals surface area contributed by atoms with Crippen molar-refractivity contribution >= 4 is 23.5 Å². The molecule has 0 radical (unpaired) electrons. The van der Waals surface area contributed by atoms with Crippen LogP contribution in [0, 0.1) is 6.92 Å². The monoisotopic (exact) mass is 292 g/mol. The number of aryl methyl sites for hydroxylation is 1. The SMILES string of the molecule is Cc1ccc(NC(=O)CN(C)C(C)C(=O)NC(N)=O)cc1. The summed E-state index contributed by atoms with van der Waals surface area (Å²) in [5.41, 5.74) is 6.67. The standard InChI is InChI=1S/C14H20N4O3/c1-9-4-6-11(7-5-9)16-12(19)8-18(3)10(2)13(20)17-14(15)21/h4-7,10H,8H2,1-3H3,(H,16,19)(H3,15,17,20,21). The second kappa shape index (κ2) is 7.39. The molecule has 0 saturated carbocycles. The highest BCUT2D eigenvalue weighted by atomic mass is 16.2. The average Bonchev–Trinajstić information content (AvgIpc) is 2.39. The maximum Gasteiger partial charge on any atom is 0.318 e. The minimum Gasteiger partial charge on any atom is -0.351 e. The van der Waals surface area contributed by atoms with Crippen LogP contribution in [0.2, 0.25) is 0 Å². The van der Waals surface area contributed by atoms with E-state index < -0.39 is 18.0 Å². The van der Waals surface area contributed by atoms with Crippen molar-refractivity contribution in [1.82, 2.24) is 10.2 Å². The molecule has 1 unspecified atom stereocenters. The summed E-state index contributed by atoms with van der Waals surface area (Å²) < 4.78 is 0. The number of rotatable bonds is 5. The van der Waals surface area contributed by atoms with Gasteiger partial charge in [-0.2, -0.15) is 0 Å². The molecule has 0 aromatic heterocycles. The molecule has 0 aliphatic heterocycles. The maximum absolute atomic E-state index is 11.9. The predicted molar refractivity (Wildman–Crippen MR) is 79.6 cm³/mol. The Balaban J connectivity index is 2.51. The van der Waals surface area contributed by atoms with E-state index in [2.05, 4.69) is 5.32 Å². The first-order valence-electron chi connectivity index (χ1n) is 6.46. The number of likely N-dealkylation sites (N-methyl/N-ethyl adjacent to an activating group) is 1. The summed E-state index contributed by atoms with van der Waals surface area (Å²) in [6.07, 6.45) is 0. The van der Waals surface area contributed by atoms with Crippen molar-refractivity contribution in [2.24, 2.45) is 5.73 Å². The van der Waals surface area contributed by atoms with Crippen molar-refractivity contribution in [3.05, 3.63) is 29.8 Å². The molecule has 1 atom stereocenters. The van der Waals surface area contributed by atoms with Crippen LogP contribution in [-0.2, 0) is 9.59 Å². The van der Waals surface area contributed by atoms with E-state index >= 15 is 0 Å². The lowest BCUT2D eigenvalue weighted by molar-refractivity contribution is -0.125. The minimum atomic E-state index is -0.913. The Labute approximate surface area is 123 Å². The van der Waals surface area contributed by atoms with E-state index in [1.54, 1.807) is 26.1 Å². The molecule has 0 fully saturated rings. The number of hydrogen-bond donors (Lipinski definition) is 3. The number of nitrogens with one attached hydrogen (secondary N) is 2. The average molecular weight is 292 g/mol. The Morgan fingerprint density at radius 2 is 1.81 bits per heavy atom. The summed E-state index contributed by atoms with van der Waals surface area (Å²) in [6.45, 7) is 3.55. The Morgan fingerprint density at radius 1 is 1.24 bits per heavy atom. The smallest absolute Gasteiger partial charge is 0.318 e. The van der Waals surface area contributed by atoms with Gasteiger partial charge < -0.3 is 11.1 Å². The molecule has 1 aromatic carbocycles. The van der Waals surface area contributed by atoms with E-state index in [-0.39, 0.29) is 12.5 Å². The van der Waals surface area contributed by atoms with Crippen LogP contribution in [0.4, 0.5) is 10.5 Å². The summed E-state index contributed by atoms with van der Waals surface area (Å²) in [7, 11) is 1.61. The number of carbonyl (C=O) groups is 3. The number of anilines is 1. The summed E-state index contributed by atoms with van der Waals surface area (Å²) in [6, 6.07) is 5.82. The fourth-order valence-corrected chi connectivity index (χ4v) is 1.63. The van der Waals surface area contributed by atoms with E-state index in [0.29, 0.717) is 5.69 Å². The van der Waals surface area contributed by atoms with Crippen molar-refractivity contribution in [2.75, 3.05) is 18.9 Å². The number of nitrogens with two attached hydrogens (primary N) is 1. The van der Waals surface area contributed by atoms with Crippen molar-refractivity contribution in [2.45, 2.75) is 19.9 Å². The summed E-state index contributed by atoms with van der Waals surface area (Å²) in [4.78, 5) is 35.6. The number of primary amides is 1. The molecular weight excluding hydrogens is 272 g/mol. The zero-order valence-corrected chi connectivity index (χ0v) is 12.3. The van der Waals surface area contributed by atoms with E-state index in [4.69, 9.17) is 5.73 Å². The topological polar surface area (TPSA) is 105 Å². The van der Waals surface area contributed by atoms with E-state index in [0.717, 1.165) is 5.56 Å². The fraction of sp³-hybridized carbons (Fsp3) is 0.357. The van der Waals surface area contributed by atoms with Gasteiger partial charge in [0.15, 0.2) is 0 Å². The van der Waals surface area contributed by atoms with Gasteiger partial charge in [0.05, 0.1) is 12.6 Å². The first-order valence-corrected chi connectivity index (χ1v) is 6.46. The van der Waals surface area contributed by atoms with Gasteiger partial charge in [-0.25, -0.2) is 4.79 Å². The first kappa shape index (κ1) is 16.6. The number of carbonyl (C=O) groups excluding carboxylic acids is 3. The molecule has 0 spiro atoms. The van der Waals surface area contributed by atoms with Gasteiger partial charge in [0, 0.05) is 5.69 Å². The van der Waals surface area contributed by atoms with Crippen molar-refractivity contribution in [3.63, 3.8) is 0 Å². The number of imide groups is 1. The van der Waals surface area contributed by atoms with Gasteiger partial charge in [-0.3, -0.25) is 19.8 Å². The molecule has 0 bridgehead atoms. The van der Waals surface area contributed by atoms with Crippen LogP contribution in [0.5, 0.6) is 0 Å². The Hall–Kier alpha value is -2.41. The molecule has 1 rings (SSSR count). The van der Waals surface area contributed by atoms with Crippen LogP contribution >= 0.6 is 0 Å². The van der Waals surface area contributed by atoms with E-state index in [9.17, 15) is 14.4 Å². The van der Waals surface area contributed by atoms with Crippen LogP contribution in [0.25, 0.3) is 0 Å². The molecule has 0 aliphatic rings. The minimum absolute atomic E-state index is 0.0151. The Morgan fingerprint density at radius 3 is 2.33 bits per heavy atom. The van der Waals surface area contributed by atoms with Gasteiger partial charge in [-0.1, -0.05) is 17.7 Å². The lowest BCUT2D eigenvalue weighted by atomic mass is 10.2. The largest absolute Gasteiger partial charge is 0.351 e. The van der Waals surface area contributed by atoms with Gasteiger partial charge in [-0.15, -0.1) is 0 Å². The molecular formula is C14H20N4O3. The number of benzene rings is 1. The third-order valence-corrected chi connectivity index (χ3v) is 3.02. The van der Waals surface area contributed by atoms with Gasteiger partial charge in [-0.05, 0) is 33.0 Å². The van der Waals surface area contributed by atoms with Crippen LogP contribution in [0.1, 0.15) is 12.5 Å². The predicted octanol–water partition coefficient (Wildman–Crippen LogP) is 0.449. The lowest BCUT2D eigenvalue weighted by Gasteiger charge is -2.22. The number of amides is 4. The normalized spacial score (nSPS) is 11.8. The zero-order chi connectivity index (χ0) is 16.0. The molecule has 0 heterocycles. The highest BCUT2D eigenvalue weighted by molar-refractivity contribution is 5.97. The van der Waals surface area contributed by atoms with Gasteiger partial charge in [0.2, 0.25) is 11.8 Å². The molecule has 21 heavy (non-hydrogen) atoms. The number of nitrogens with zero attached hydrogens (tertiary/aromatic N) is 1. The molecule has 0 aliphatic carbocycles. The highest BCUT2D eigenvalue weighted by Crippen LogP contribution is 2.08. The quantitative estimate of drug-likeness (QED) is 0.732. The molecule has 0 saturated heterocycles. The highest BCUT2D eigenvalue weighted by Gasteiger charge is 2.21. The van der Waals surface area contributed by atoms with Crippen LogP contribution in [0.15, 0.2) is 24.3 Å². The zero-order valence-electron chi connectivity index (χ0n) is 12.3. The number of urea groups is 1. The first-order chi connectivity index (χ1) is 9.79. The third kappa shape index (κ3) is 5.62. The maximum atomic E-state index is 11.9. The molecule has 7 nitrogen and oxygen atoms in total. The lowest BCUT2D eigenvalue weighted by Crippen LogP contribution is -2.48. The van der Waals surface area contributed by atoms with E-state index in [1.807, 2.05) is 24.4 Å². The fourth-order valence-electron chi connectivity index (χ4n) is 1.63. The summed E-state index contributed by atoms with van der Waals surface area (Å²) >= 11 is 0. The van der Waals surface area contributed by atoms with Gasteiger partial charge in [0.1, 0.15) is 0 Å². The van der Waals surface area contributed by atoms with Crippen LogP contribution in [0.3, 0.4) is 0 Å². The second-order valence-corrected chi connectivity index (χ2v) is 4.86. The van der Waals surface area contributed by atoms with Crippen molar-refractivity contribution in [1.29, 1.82) is 0 Å². The van der Waals surface area contributed by atoms with Crippen molar-refractivity contribution < 1.29 is 14.4 Å². The summed E-state index contributed by atoms with van der Waals surface area (Å²) in [5.74, 6) is -0.798. The van der Waals surface area contributed by atoms with E-state index in [1.165, 1.54) is 4.90 Å². The van der Waals surface area contributed by atoms with Gasteiger partial charge in [0.25, 0.3) is 0 Å². The third-order valence-electron chi connectivity index (χ3n) is 3.02. The van der Waals surface area contributed by atoms with Crippen molar-refractivity contribution in [3.8, 4) is 0 Å². The number of hydrogen-bond acceptors (Lipinski definition) is 4.